The van der Waals surface area contributed by atoms with Gasteiger partial charge in [-0.05, 0) is 31.0 Å². The number of hydrogen-bond acceptors (Lipinski definition) is 6. The third-order valence-corrected chi connectivity index (χ3v) is 4.80. The summed E-state index contributed by atoms with van der Waals surface area (Å²) in [6, 6.07) is 5.11. The normalized spacial score (nSPS) is 16.4. The lowest BCUT2D eigenvalue weighted by Crippen LogP contribution is -2.34. The second-order valence-electron chi connectivity index (χ2n) is 6.45. The first kappa shape index (κ1) is 17.7. The number of piperidine rings is 1. The van der Waals surface area contributed by atoms with Crippen molar-refractivity contribution in [1.29, 1.82) is 0 Å². The number of alkyl halides is 3. The van der Waals surface area contributed by atoms with Gasteiger partial charge in [-0.25, -0.2) is 0 Å². The van der Waals surface area contributed by atoms with Gasteiger partial charge in [-0.1, -0.05) is 0 Å². The van der Waals surface area contributed by atoms with Gasteiger partial charge in [0.1, 0.15) is 5.82 Å². The number of hydrogen-bond donors (Lipinski definition) is 1. The zero-order chi connectivity index (χ0) is 19.0. The highest BCUT2D eigenvalue weighted by Gasteiger charge is 2.38. The highest BCUT2D eigenvalue weighted by Crippen LogP contribution is 2.31. The molecule has 3 aromatic rings. The van der Waals surface area contributed by atoms with E-state index in [1.165, 1.54) is 6.07 Å². The van der Waals surface area contributed by atoms with E-state index in [2.05, 4.69) is 20.4 Å². The first-order chi connectivity index (χ1) is 13.0. The Bertz CT molecular complexity index is 928. The molecule has 3 aromatic heterocycles. The van der Waals surface area contributed by atoms with Crippen LogP contribution in [0, 0.1) is 0 Å². The molecule has 1 fully saturated rings. The van der Waals surface area contributed by atoms with Crippen LogP contribution in [0.2, 0.25) is 0 Å². The van der Waals surface area contributed by atoms with E-state index in [1.54, 1.807) is 16.9 Å². The Morgan fingerprint density at radius 3 is 2.59 bits per heavy atom. The average molecular weight is 381 g/mol. The molecule has 0 spiro atoms. The average Bonchev–Trinajstić information content (AvgIpc) is 3.28. The van der Waals surface area contributed by atoms with Crippen LogP contribution in [0.1, 0.15) is 30.3 Å². The SMILES string of the molecule is OCCn1nccc1C1CCN(c2ccc3nnc(C(F)(F)F)n3n2)CC1. The maximum absolute atomic E-state index is 13.0. The molecular weight excluding hydrogens is 363 g/mol. The van der Waals surface area contributed by atoms with Gasteiger partial charge in [-0.2, -0.15) is 22.8 Å². The van der Waals surface area contributed by atoms with Gasteiger partial charge in [0.05, 0.1) is 13.2 Å². The Kier molecular flexibility index (Phi) is 4.46. The molecule has 144 valence electrons. The minimum atomic E-state index is -4.61. The van der Waals surface area contributed by atoms with E-state index in [-0.39, 0.29) is 12.3 Å². The van der Waals surface area contributed by atoms with Crippen molar-refractivity contribution in [3.8, 4) is 0 Å². The minimum absolute atomic E-state index is 0.0257. The van der Waals surface area contributed by atoms with Gasteiger partial charge < -0.3 is 10.0 Å². The highest BCUT2D eigenvalue weighted by atomic mass is 19.4. The first-order valence-corrected chi connectivity index (χ1v) is 8.64. The van der Waals surface area contributed by atoms with Crippen molar-refractivity contribution < 1.29 is 18.3 Å². The Labute approximate surface area is 152 Å². The summed E-state index contributed by atoms with van der Waals surface area (Å²) in [7, 11) is 0. The van der Waals surface area contributed by atoms with Gasteiger partial charge in [-0.15, -0.1) is 15.3 Å². The van der Waals surface area contributed by atoms with Crippen molar-refractivity contribution >= 4 is 11.5 Å². The highest BCUT2D eigenvalue weighted by molar-refractivity contribution is 5.46. The van der Waals surface area contributed by atoms with Gasteiger partial charge in [0.15, 0.2) is 5.65 Å². The van der Waals surface area contributed by atoms with Crippen LogP contribution >= 0.6 is 0 Å². The van der Waals surface area contributed by atoms with Crippen LogP contribution < -0.4 is 4.90 Å². The number of rotatable bonds is 4. The molecule has 0 aromatic carbocycles. The van der Waals surface area contributed by atoms with Crippen molar-refractivity contribution in [2.45, 2.75) is 31.5 Å². The van der Waals surface area contributed by atoms with Gasteiger partial charge in [0, 0.05) is 30.9 Å². The summed E-state index contributed by atoms with van der Waals surface area (Å²) in [6.45, 7) is 1.81. The van der Waals surface area contributed by atoms with Crippen LogP contribution in [0.25, 0.3) is 5.65 Å². The number of nitrogens with zero attached hydrogens (tertiary/aromatic N) is 7. The maximum Gasteiger partial charge on any atom is 0.453 e. The second kappa shape index (κ2) is 6.80. The standard InChI is InChI=1S/C16H18F3N7O/c17-16(18,19)15-22-21-13-1-2-14(23-26(13)15)24-7-4-11(5-8-24)12-3-6-20-25(12)9-10-27/h1-3,6,11,27H,4-5,7-10H2. The third-order valence-electron chi connectivity index (χ3n) is 4.80. The van der Waals surface area contributed by atoms with E-state index in [1.807, 2.05) is 11.0 Å². The Morgan fingerprint density at radius 2 is 1.89 bits per heavy atom. The Hall–Kier alpha value is -2.69. The Morgan fingerprint density at radius 1 is 1.11 bits per heavy atom. The van der Waals surface area contributed by atoms with E-state index >= 15 is 0 Å². The van der Waals surface area contributed by atoms with Crippen molar-refractivity contribution in [1.82, 2.24) is 29.6 Å². The number of halogens is 3. The van der Waals surface area contributed by atoms with Gasteiger partial charge in [0.2, 0.25) is 0 Å². The summed E-state index contributed by atoms with van der Waals surface area (Å²) in [5.74, 6) is -0.364. The molecule has 0 aliphatic carbocycles. The fraction of sp³-hybridized carbons (Fsp3) is 0.500. The van der Waals surface area contributed by atoms with Crippen molar-refractivity contribution in [2.24, 2.45) is 0 Å². The molecule has 0 atom stereocenters. The molecule has 1 saturated heterocycles. The number of anilines is 1. The summed E-state index contributed by atoms with van der Waals surface area (Å²) in [6.07, 6.45) is -1.24. The zero-order valence-electron chi connectivity index (χ0n) is 14.3. The largest absolute Gasteiger partial charge is 0.453 e. The molecule has 8 nitrogen and oxygen atoms in total. The number of aliphatic hydroxyl groups is 1. The van der Waals surface area contributed by atoms with Crippen LogP contribution in [-0.4, -0.2) is 54.4 Å². The van der Waals surface area contributed by atoms with Crippen molar-refractivity contribution in [3.05, 3.63) is 35.9 Å². The van der Waals surface area contributed by atoms with Crippen LogP contribution in [0.5, 0.6) is 0 Å². The molecule has 1 aliphatic rings. The molecule has 1 N–H and O–H groups in total. The van der Waals surface area contributed by atoms with E-state index in [9.17, 15) is 13.2 Å². The maximum atomic E-state index is 13.0. The van der Waals surface area contributed by atoms with Crippen molar-refractivity contribution in [3.63, 3.8) is 0 Å². The molecule has 4 rings (SSSR count). The molecule has 1 aliphatic heterocycles. The molecule has 27 heavy (non-hydrogen) atoms. The number of aromatic nitrogens is 6. The van der Waals surface area contributed by atoms with Crippen LogP contribution in [0.15, 0.2) is 24.4 Å². The molecule has 0 bridgehead atoms. The Balaban J connectivity index is 1.52. The molecule has 0 saturated carbocycles. The lowest BCUT2D eigenvalue weighted by Gasteiger charge is -2.32. The lowest BCUT2D eigenvalue weighted by atomic mass is 9.93. The van der Waals surface area contributed by atoms with Crippen molar-refractivity contribution in [2.75, 3.05) is 24.6 Å². The quantitative estimate of drug-likeness (QED) is 0.741. The molecule has 11 heteroatoms. The van der Waals surface area contributed by atoms with Gasteiger partial charge >= 0.3 is 6.18 Å². The fourth-order valence-electron chi connectivity index (χ4n) is 3.50. The van der Waals surface area contributed by atoms with Gasteiger partial charge in [-0.3, -0.25) is 4.68 Å². The third kappa shape index (κ3) is 3.34. The monoisotopic (exact) mass is 381 g/mol. The smallest absolute Gasteiger partial charge is 0.394 e. The number of fused-ring (bicyclic) bond motifs is 1. The number of aliphatic hydroxyl groups excluding tert-OH is 1. The predicted octanol–water partition coefficient (Wildman–Crippen LogP) is 1.72. The molecule has 4 heterocycles. The van der Waals surface area contributed by atoms with Crippen LogP contribution in [-0.2, 0) is 12.7 Å². The summed E-state index contributed by atoms with van der Waals surface area (Å²) in [4.78, 5) is 1.96. The van der Waals surface area contributed by atoms with E-state index < -0.39 is 12.0 Å². The van der Waals surface area contributed by atoms with Crippen LogP contribution in [0.4, 0.5) is 19.0 Å². The summed E-state index contributed by atoms with van der Waals surface area (Å²) in [5.41, 5.74) is 1.14. The zero-order valence-corrected chi connectivity index (χ0v) is 14.3. The molecule has 0 amide bonds. The molecular formula is C16H18F3N7O. The fourth-order valence-corrected chi connectivity index (χ4v) is 3.50. The summed E-state index contributed by atoms with van der Waals surface area (Å²) in [5, 5.41) is 24.2. The summed E-state index contributed by atoms with van der Waals surface area (Å²) < 4.78 is 41.6. The predicted molar refractivity (Wildman–Crippen MR) is 89.3 cm³/mol. The second-order valence-corrected chi connectivity index (χ2v) is 6.45. The lowest BCUT2D eigenvalue weighted by molar-refractivity contribution is -0.146. The summed E-state index contributed by atoms with van der Waals surface area (Å²) >= 11 is 0. The van der Waals surface area contributed by atoms with Crippen LogP contribution in [0.3, 0.4) is 0 Å². The van der Waals surface area contributed by atoms with E-state index in [0.717, 1.165) is 23.1 Å². The topological polar surface area (TPSA) is 84.4 Å². The van der Waals surface area contributed by atoms with Gasteiger partial charge in [0.25, 0.3) is 5.82 Å². The molecule has 0 radical (unpaired) electrons. The minimum Gasteiger partial charge on any atom is -0.394 e. The first-order valence-electron chi connectivity index (χ1n) is 8.64. The molecule has 0 unspecified atom stereocenters. The van der Waals surface area contributed by atoms with E-state index in [0.29, 0.717) is 31.4 Å². The van der Waals surface area contributed by atoms with E-state index in [4.69, 9.17) is 5.11 Å².